The fourth-order valence-corrected chi connectivity index (χ4v) is 1.67. The van der Waals surface area contributed by atoms with Gasteiger partial charge in [-0.3, -0.25) is 0 Å². The number of hydrogen-bond donors (Lipinski definition) is 0. The summed E-state index contributed by atoms with van der Waals surface area (Å²) in [6.45, 7) is 8.86. The predicted octanol–water partition coefficient (Wildman–Crippen LogP) is 2.64. The molecule has 201 valence electrons. The van der Waals surface area contributed by atoms with Gasteiger partial charge < -0.3 is 12.3 Å². The van der Waals surface area contributed by atoms with Crippen molar-refractivity contribution in [2.75, 3.05) is 13.1 Å². The summed E-state index contributed by atoms with van der Waals surface area (Å²) in [5, 5.41) is 0. The maximum absolute atomic E-state index is 2.42. The first-order chi connectivity index (χ1) is 4.86. The van der Waals surface area contributed by atoms with Gasteiger partial charge in [0.2, 0.25) is 0 Å². The Kier molecular flexibility index (Phi) is 705. The Morgan fingerprint density at radius 3 is 0.794 bits per heavy atom. The standard InChI is InChI=1S/C7H11N.C2H6.CH3.22W.Y/c1-6-4-8-3-2-7(6)5-8;1-2;;;;;;;;;;;;;;;;;;;;;;;;/h4,7H,2-3,5H2,1H3;1-2H3;1H3;;;;;;;;;;;;;;;;;;;;;;;/q;;-1;;;;;;;;;;;;;;;;;;;;;;;. The van der Waals surface area contributed by atoms with Gasteiger partial charge in [0.1, 0.15) is 0 Å². The minimum absolute atomic E-state index is 0. The molecule has 1 radical (unpaired) electrons. The van der Waals surface area contributed by atoms with Crippen LogP contribution >= 0.6 is 0 Å². The van der Waals surface area contributed by atoms with E-state index in [0.29, 0.717) is 0 Å². The van der Waals surface area contributed by atoms with Crippen molar-refractivity contribution in [3.8, 4) is 0 Å². The number of nitrogens with zero attached hydrogens (tertiary/aromatic N) is 1. The van der Waals surface area contributed by atoms with Crippen LogP contribution < -0.4 is 0 Å². The Morgan fingerprint density at radius 2 is 0.735 bits per heavy atom. The van der Waals surface area contributed by atoms with Crippen LogP contribution in [0.25, 0.3) is 0 Å². The maximum Gasteiger partial charge on any atom is 0.0239 e. The topological polar surface area (TPSA) is 3.24 Å². The molecular weight excluding hydrogens is 4270 g/mol. The van der Waals surface area contributed by atoms with E-state index >= 15 is 0 Å². The molecule has 1 unspecified atom stereocenters. The van der Waals surface area contributed by atoms with E-state index in [9.17, 15) is 0 Å². The first-order valence-electron chi connectivity index (χ1n) is 4.28. The van der Waals surface area contributed by atoms with Crippen molar-refractivity contribution in [2.45, 2.75) is 27.2 Å². The summed E-state index contributed by atoms with van der Waals surface area (Å²) in [6.07, 6.45) is 3.70. The zero-order valence-corrected chi connectivity index (χ0v) is 85.2. The Balaban J connectivity index is -0.00000000172. The molecule has 0 N–H and O–H groups in total. The summed E-state index contributed by atoms with van der Waals surface area (Å²) < 4.78 is 0. The average Bonchev–Trinajstić information content (AvgIpc) is 2.52. The van der Waals surface area contributed by atoms with Gasteiger partial charge in [-0.2, -0.15) is 0 Å². The predicted molar refractivity (Wildman–Crippen MR) is 51.2 cm³/mol. The summed E-state index contributed by atoms with van der Waals surface area (Å²) in [7, 11) is 0. The molecule has 0 aromatic carbocycles. The van der Waals surface area contributed by atoms with Gasteiger partial charge in [0.15, 0.2) is 0 Å². The number of hydrogen-bond acceptors (Lipinski definition) is 1. The molecule has 1 atom stereocenters. The van der Waals surface area contributed by atoms with Crippen LogP contribution in [0.15, 0.2) is 11.8 Å². The van der Waals surface area contributed by atoms with E-state index in [1.165, 1.54) is 19.5 Å². The van der Waals surface area contributed by atoms with Crippen LogP contribution in [0, 0.1) is 13.3 Å². The van der Waals surface area contributed by atoms with E-state index in [0.717, 1.165) is 5.92 Å². The third-order valence-corrected chi connectivity index (χ3v) is 2.25. The molecule has 2 aliphatic heterocycles. The molecule has 1 saturated heterocycles. The van der Waals surface area contributed by atoms with E-state index < -0.39 is 0 Å². The summed E-state index contributed by atoms with van der Waals surface area (Å²) in [6, 6.07) is 0. The van der Waals surface area contributed by atoms with Crippen LogP contribution in [0.1, 0.15) is 27.2 Å². The Labute approximate surface area is 551 Å². The second-order valence-electron chi connectivity index (χ2n) is 2.85. The summed E-state index contributed by atoms with van der Waals surface area (Å²) in [5.74, 6) is 0.926. The van der Waals surface area contributed by atoms with Crippen LogP contribution in [0.4, 0.5) is 0 Å². The molecule has 1 nitrogen and oxygen atoms in total. The van der Waals surface area contributed by atoms with Crippen molar-refractivity contribution >= 4 is 0 Å². The van der Waals surface area contributed by atoms with Crippen molar-refractivity contribution in [3.05, 3.63) is 19.2 Å². The molecule has 2 heterocycles. The van der Waals surface area contributed by atoms with Gasteiger partial charge in [0, 0.05) is 515 Å². The molecular formula is C10H20NW22Y-. The monoisotopic (exact) mass is 4290 g/mol. The minimum Gasteiger partial charge on any atom is -0.377 e. The van der Waals surface area contributed by atoms with Gasteiger partial charge in [-0.1, -0.05) is 19.4 Å². The second kappa shape index (κ2) is 134. The van der Waals surface area contributed by atoms with Crippen molar-refractivity contribution in [1.82, 2.24) is 4.90 Å². The molecule has 0 aromatic rings. The molecule has 0 spiro atoms. The Hall–Kier alpha value is 15.8. The molecule has 1 fully saturated rings. The van der Waals surface area contributed by atoms with Gasteiger partial charge in [-0.15, -0.1) is 0 Å². The first kappa shape index (κ1) is 178. The summed E-state index contributed by atoms with van der Waals surface area (Å²) >= 11 is 0. The summed E-state index contributed by atoms with van der Waals surface area (Å²) in [4.78, 5) is 2.42. The normalized spacial score (nSPS) is 8.15. The van der Waals surface area contributed by atoms with Gasteiger partial charge in [-0.05, 0) is 19.5 Å². The molecule has 2 aliphatic rings. The molecule has 34 heavy (non-hydrogen) atoms. The van der Waals surface area contributed by atoms with Gasteiger partial charge in [-0.25, -0.2) is 0 Å². The molecule has 0 saturated carbocycles. The van der Waals surface area contributed by atoms with E-state index in [2.05, 4.69) is 18.0 Å². The first-order valence-corrected chi connectivity index (χ1v) is 4.28. The molecule has 2 bridgehead atoms. The fraction of sp³-hybridized carbons (Fsp3) is 0.700. The minimum atomic E-state index is 0. The Bertz CT molecular complexity index is 175. The molecule has 24 heteroatoms. The quantitative estimate of drug-likeness (QED) is 0.338. The molecule has 0 aromatic heterocycles. The van der Waals surface area contributed by atoms with E-state index in [-0.39, 0.29) is 504 Å². The van der Waals surface area contributed by atoms with E-state index in [4.69, 9.17) is 0 Å². The van der Waals surface area contributed by atoms with Crippen molar-refractivity contribution < 1.29 is 496 Å². The summed E-state index contributed by atoms with van der Waals surface area (Å²) in [5.41, 5.74) is 1.59. The zero-order chi connectivity index (χ0) is 7.56. The van der Waals surface area contributed by atoms with Gasteiger partial charge in [0.25, 0.3) is 0 Å². The van der Waals surface area contributed by atoms with Gasteiger partial charge in [0.05, 0.1) is 0 Å². The third kappa shape index (κ3) is 97.3. The van der Waals surface area contributed by atoms with Crippen LogP contribution in [0.2, 0.25) is 0 Å². The van der Waals surface area contributed by atoms with Crippen LogP contribution in [0.3, 0.4) is 0 Å². The van der Waals surface area contributed by atoms with Crippen LogP contribution in [0.5, 0.6) is 0 Å². The van der Waals surface area contributed by atoms with E-state index in [1.54, 1.807) is 5.57 Å². The number of rotatable bonds is 0. The van der Waals surface area contributed by atoms with Crippen molar-refractivity contribution in [3.63, 3.8) is 0 Å². The van der Waals surface area contributed by atoms with Crippen LogP contribution in [-0.2, 0) is 496 Å². The maximum atomic E-state index is 2.42. The molecule has 0 amide bonds. The molecule has 2 rings (SSSR count). The van der Waals surface area contributed by atoms with Gasteiger partial charge >= 0.3 is 0 Å². The SMILES string of the molecule is CC.CC1=CN2CCC1C2.[CH3-].[W].[W].[W].[W].[W].[W].[W].[W].[W].[W].[W].[W].[W].[W].[W].[W].[W].[W].[W].[W].[W].[W].[Y]. The van der Waals surface area contributed by atoms with E-state index in [1.807, 2.05) is 13.8 Å². The fourth-order valence-electron chi connectivity index (χ4n) is 1.67. The van der Waals surface area contributed by atoms with Crippen LogP contribution in [-0.4, -0.2) is 18.0 Å². The zero-order valence-electron chi connectivity index (χ0n) is 17.8. The third-order valence-electron chi connectivity index (χ3n) is 2.25. The smallest absolute Gasteiger partial charge is 0.0239 e. The largest absolute Gasteiger partial charge is 0.377 e. The Morgan fingerprint density at radius 1 is 0.529 bits per heavy atom. The number of fused-ring (bicyclic) bond motifs is 2. The second-order valence-corrected chi connectivity index (χ2v) is 2.85. The van der Waals surface area contributed by atoms with Crippen molar-refractivity contribution in [2.24, 2.45) is 5.92 Å². The molecule has 0 aliphatic carbocycles. The van der Waals surface area contributed by atoms with Crippen molar-refractivity contribution in [1.29, 1.82) is 0 Å². The average molecular weight is 4290 g/mol.